The van der Waals surface area contributed by atoms with E-state index in [0.29, 0.717) is 64.9 Å². The molecule has 14 heteroatoms. The van der Waals surface area contributed by atoms with E-state index in [0.717, 1.165) is 12.8 Å². The zero-order valence-corrected chi connectivity index (χ0v) is 19.8. The van der Waals surface area contributed by atoms with Crippen LogP contribution in [-0.4, -0.2) is 69.2 Å². The molecule has 0 radical (unpaired) electrons. The van der Waals surface area contributed by atoms with Gasteiger partial charge in [0, 0.05) is 24.8 Å². The molecule has 1 amide bonds. The maximum Gasteiger partial charge on any atom is 0.407 e. The second kappa shape index (κ2) is 9.15. The van der Waals surface area contributed by atoms with Gasteiger partial charge < -0.3 is 42.2 Å². The summed E-state index contributed by atoms with van der Waals surface area (Å²) in [5.74, 6) is 1.20. The third-order valence-corrected chi connectivity index (χ3v) is 6.30. The average molecular weight is 503 g/mol. The number of piperidine rings is 1. The molecule has 1 aromatic carbocycles. The predicted octanol–water partition coefficient (Wildman–Crippen LogP) is 1.56. The first-order valence-corrected chi connectivity index (χ1v) is 11.6. The molecule has 5 rings (SSSR count). The molecule has 3 heterocycles. The summed E-state index contributed by atoms with van der Waals surface area (Å²) in [6, 6.07) is 3.42. The van der Waals surface area contributed by atoms with Crippen LogP contribution in [0, 0.1) is 0 Å². The number of methoxy groups -OCH3 is 1. The van der Waals surface area contributed by atoms with E-state index in [2.05, 4.69) is 35.8 Å². The number of nitrogens with zero attached hydrogens (tertiary/aromatic N) is 5. The van der Waals surface area contributed by atoms with Crippen LogP contribution in [0.3, 0.4) is 0 Å². The minimum absolute atomic E-state index is 0.257. The van der Waals surface area contributed by atoms with E-state index in [-0.39, 0.29) is 12.0 Å². The number of rotatable bonds is 6. The number of ether oxygens (including phenoxy) is 1. The summed E-state index contributed by atoms with van der Waals surface area (Å²) in [6.07, 6.45) is 2.81. The van der Waals surface area contributed by atoms with E-state index in [9.17, 15) is 9.90 Å². The largest absolute Gasteiger partial charge is 0.453 e. The molecule has 2 aromatic heterocycles. The van der Waals surface area contributed by atoms with Crippen LogP contribution in [0.1, 0.15) is 19.3 Å². The minimum atomic E-state index is -0.675. The third-order valence-electron chi connectivity index (χ3n) is 5.91. The highest BCUT2D eigenvalue weighted by atomic mass is 35.5. The fraction of sp³-hybridized carbons (Fsp3) is 0.429. The maximum atomic E-state index is 11.7. The van der Waals surface area contributed by atoms with Crippen LogP contribution in [-0.2, 0) is 4.74 Å². The smallest absolute Gasteiger partial charge is 0.407 e. The van der Waals surface area contributed by atoms with Crippen molar-refractivity contribution in [3.05, 3.63) is 23.4 Å². The molecule has 1 saturated carbocycles. The first-order valence-electron chi connectivity index (χ1n) is 11.2. The van der Waals surface area contributed by atoms with Gasteiger partial charge in [-0.25, -0.2) is 9.78 Å². The van der Waals surface area contributed by atoms with Crippen LogP contribution in [0.5, 0.6) is 0 Å². The predicted molar refractivity (Wildman–Crippen MR) is 133 cm³/mol. The number of alkyl carbamates (subject to hydrolysis) is 1. The Morgan fingerprint density at radius 1 is 1.26 bits per heavy atom. The molecule has 2 aliphatic rings. The van der Waals surface area contributed by atoms with Gasteiger partial charge in [0.25, 0.3) is 0 Å². The van der Waals surface area contributed by atoms with Gasteiger partial charge in [-0.15, -0.1) is 5.10 Å². The molecule has 13 nitrogen and oxygen atoms in total. The Labute approximate surface area is 205 Å². The van der Waals surface area contributed by atoms with Crippen molar-refractivity contribution in [2.45, 2.75) is 37.5 Å². The van der Waals surface area contributed by atoms with E-state index < -0.39 is 12.2 Å². The molecule has 1 aliphatic carbocycles. The van der Waals surface area contributed by atoms with Crippen LogP contribution < -0.4 is 32.3 Å². The molecule has 35 heavy (non-hydrogen) atoms. The van der Waals surface area contributed by atoms with Crippen molar-refractivity contribution in [1.82, 2.24) is 24.9 Å². The number of β-amino-alcohol motifs (C(OH)–C–C–N with tert-alkyl or cyclic N) is 1. The summed E-state index contributed by atoms with van der Waals surface area (Å²) in [5, 5.41) is 24.4. The van der Waals surface area contributed by atoms with Gasteiger partial charge in [0.15, 0.2) is 11.5 Å². The number of nitrogens with one attached hydrogen (secondary N) is 3. The van der Waals surface area contributed by atoms with Gasteiger partial charge in [0.05, 0.1) is 41.8 Å². The van der Waals surface area contributed by atoms with Gasteiger partial charge in [-0.2, -0.15) is 9.50 Å². The molecule has 2 fully saturated rings. The van der Waals surface area contributed by atoms with E-state index in [4.69, 9.17) is 23.1 Å². The SMILES string of the molecule is COC(=O)N[C@H]1C[C@H](O)CN(c2cc(N)cc(Nc3nc(NC4CC4)c4ncc(N)n4n3)c2Cl)C1. The number of imidazole rings is 1. The summed E-state index contributed by atoms with van der Waals surface area (Å²) in [5.41, 5.74) is 14.3. The maximum absolute atomic E-state index is 11.7. The van der Waals surface area contributed by atoms with Crippen molar-refractivity contribution in [3.63, 3.8) is 0 Å². The number of nitrogens with two attached hydrogens (primary N) is 2. The molecular formula is C21H27ClN10O3. The zero-order valence-electron chi connectivity index (χ0n) is 19.0. The monoisotopic (exact) mass is 502 g/mol. The highest BCUT2D eigenvalue weighted by Gasteiger charge is 2.29. The van der Waals surface area contributed by atoms with Gasteiger partial charge >= 0.3 is 6.09 Å². The molecular weight excluding hydrogens is 476 g/mol. The Balaban J connectivity index is 1.45. The van der Waals surface area contributed by atoms with Crippen molar-refractivity contribution < 1.29 is 14.6 Å². The highest BCUT2D eigenvalue weighted by molar-refractivity contribution is 6.36. The topological polar surface area (TPSA) is 181 Å². The van der Waals surface area contributed by atoms with Crippen LogP contribution in [0.15, 0.2) is 18.3 Å². The molecule has 0 unspecified atom stereocenters. The van der Waals surface area contributed by atoms with Crippen LogP contribution in [0.2, 0.25) is 5.02 Å². The lowest BCUT2D eigenvalue weighted by Crippen LogP contribution is -2.52. The second-order valence-electron chi connectivity index (χ2n) is 8.78. The normalized spacial score (nSPS) is 20.0. The molecule has 1 aliphatic heterocycles. The number of benzene rings is 1. The molecule has 8 N–H and O–H groups in total. The fourth-order valence-corrected chi connectivity index (χ4v) is 4.42. The first-order chi connectivity index (χ1) is 16.8. The van der Waals surface area contributed by atoms with Crippen LogP contribution in [0.25, 0.3) is 5.65 Å². The summed E-state index contributed by atoms with van der Waals surface area (Å²) in [6.45, 7) is 0.740. The summed E-state index contributed by atoms with van der Waals surface area (Å²) in [4.78, 5) is 22.4. The molecule has 186 valence electrons. The summed E-state index contributed by atoms with van der Waals surface area (Å²) in [7, 11) is 1.29. The van der Waals surface area contributed by atoms with Gasteiger partial charge in [-0.1, -0.05) is 11.6 Å². The molecule has 0 bridgehead atoms. The number of nitrogen functional groups attached to an aromatic ring is 2. The number of halogens is 1. The Hall–Kier alpha value is -3.71. The number of aromatic nitrogens is 4. The number of anilines is 6. The van der Waals surface area contributed by atoms with Gasteiger partial charge in [0.2, 0.25) is 5.95 Å². The minimum Gasteiger partial charge on any atom is -0.453 e. The van der Waals surface area contributed by atoms with Crippen molar-refractivity contribution in [2.75, 3.05) is 47.2 Å². The van der Waals surface area contributed by atoms with Gasteiger partial charge in [-0.3, -0.25) is 0 Å². The van der Waals surface area contributed by atoms with Crippen molar-refractivity contribution in [1.29, 1.82) is 0 Å². The van der Waals surface area contributed by atoms with Crippen molar-refractivity contribution in [3.8, 4) is 0 Å². The average Bonchev–Trinajstić information content (AvgIpc) is 3.56. The zero-order chi connectivity index (χ0) is 24.7. The lowest BCUT2D eigenvalue weighted by Gasteiger charge is -2.38. The molecule has 1 saturated heterocycles. The number of hydrogen-bond acceptors (Lipinski definition) is 11. The number of amides is 1. The summed E-state index contributed by atoms with van der Waals surface area (Å²) < 4.78 is 6.19. The van der Waals surface area contributed by atoms with Crippen molar-refractivity contribution >= 4 is 58.0 Å². The number of carbonyl (C=O) groups is 1. The Morgan fingerprint density at radius 2 is 2.06 bits per heavy atom. The van der Waals surface area contributed by atoms with E-state index >= 15 is 0 Å². The van der Waals surface area contributed by atoms with Crippen LogP contribution >= 0.6 is 11.6 Å². The Bertz CT molecular complexity index is 1260. The highest BCUT2D eigenvalue weighted by Crippen LogP contribution is 2.38. The first kappa shape index (κ1) is 23.1. The number of aliphatic hydroxyl groups is 1. The molecule has 2 atom stereocenters. The number of fused-ring (bicyclic) bond motifs is 1. The molecule has 0 spiro atoms. The number of aliphatic hydroxyl groups excluding tert-OH is 1. The van der Waals surface area contributed by atoms with E-state index in [1.54, 1.807) is 12.1 Å². The van der Waals surface area contributed by atoms with Crippen molar-refractivity contribution in [2.24, 2.45) is 0 Å². The van der Waals surface area contributed by atoms with Crippen LogP contribution in [0.4, 0.5) is 39.4 Å². The number of carbonyl (C=O) groups excluding carboxylic acids is 1. The number of hydrogen-bond donors (Lipinski definition) is 6. The third kappa shape index (κ3) is 4.91. The second-order valence-corrected chi connectivity index (χ2v) is 9.15. The quantitative estimate of drug-likeness (QED) is 0.269. The standard InChI is InChI=1S/C21H27ClN10O3/c1-35-21(34)27-12-6-13(33)9-31(8-12)15-5-10(23)4-14(17(15)22)28-20-29-18(26-11-2-3-11)19-25-7-16(24)32(19)30-20/h4-5,7,11-13,33H,2-3,6,8-9,23-24H2,1H3,(H,27,34)(H2,26,28,29,30)/t12-,13-/m0/s1. The van der Waals surface area contributed by atoms with E-state index in [1.807, 2.05) is 4.90 Å². The van der Waals surface area contributed by atoms with Gasteiger partial charge in [0.1, 0.15) is 5.82 Å². The Kier molecular flexibility index (Phi) is 6.03. The Morgan fingerprint density at radius 3 is 2.80 bits per heavy atom. The lowest BCUT2D eigenvalue weighted by atomic mass is 10.0. The molecule has 3 aromatic rings. The van der Waals surface area contributed by atoms with Gasteiger partial charge in [-0.05, 0) is 31.4 Å². The fourth-order valence-electron chi connectivity index (χ4n) is 4.14. The summed E-state index contributed by atoms with van der Waals surface area (Å²) >= 11 is 6.79. The van der Waals surface area contributed by atoms with E-state index in [1.165, 1.54) is 17.8 Å². The lowest BCUT2D eigenvalue weighted by molar-refractivity contribution is 0.127.